The van der Waals surface area contributed by atoms with Crippen LogP contribution in [0.15, 0.2) is 79.6 Å². The van der Waals surface area contributed by atoms with Gasteiger partial charge < -0.3 is 10.6 Å². The molecule has 0 aliphatic heterocycles. The first-order chi connectivity index (χ1) is 14.6. The van der Waals surface area contributed by atoms with E-state index in [1.165, 1.54) is 6.33 Å². The Kier molecular flexibility index (Phi) is 5.33. The number of nitrogens with one attached hydrogen (secondary N) is 2. The maximum Gasteiger partial charge on any atom is 0.255 e. The van der Waals surface area contributed by atoms with E-state index in [1.807, 2.05) is 6.07 Å². The van der Waals surface area contributed by atoms with Crippen LogP contribution in [0.2, 0.25) is 0 Å². The number of anilines is 2. The molecule has 0 bridgehead atoms. The van der Waals surface area contributed by atoms with Gasteiger partial charge >= 0.3 is 0 Å². The largest absolute Gasteiger partial charge is 0.324 e. The molecule has 0 saturated carbocycles. The van der Waals surface area contributed by atoms with Crippen molar-refractivity contribution in [1.29, 1.82) is 0 Å². The normalized spacial score (nSPS) is 11.6. The van der Waals surface area contributed by atoms with Gasteiger partial charge in [-0.3, -0.25) is 14.3 Å². The Balaban J connectivity index is 1.45. The van der Waals surface area contributed by atoms with Crippen LogP contribution in [-0.4, -0.2) is 36.4 Å². The fourth-order valence-electron chi connectivity index (χ4n) is 2.89. The minimum Gasteiger partial charge on any atom is -0.324 e. The van der Waals surface area contributed by atoms with Crippen molar-refractivity contribution >= 4 is 23.2 Å². The Bertz CT molecular complexity index is 1150. The van der Waals surface area contributed by atoms with Crippen LogP contribution in [0, 0.1) is 0 Å². The molecule has 150 valence electrons. The van der Waals surface area contributed by atoms with Gasteiger partial charge in [-0.2, -0.15) is 10.2 Å². The maximum absolute atomic E-state index is 12.7. The third-order valence-electron chi connectivity index (χ3n) is 4.48. The molecule has 2 N–H and O–H groups in total. The number of benzene rings is 2. The molecule has 2 amide bonds. The molecule has 4 rings (SSSR count). The van der Waals surface area contributed by atoms with E-state index in [9.17, 15) is 9.59 Å². The number of carbonyl (C=O) groups excluding carboxylic acids is 2. The molecule has 4 aromatic rings. The monoisotopic (exact) mass is 401 g/mol. The van der Waals surface area contributed by atoms with E-state index in [0.29, 0.717) is 16.9 Å². The fourth-order valence-corrected chi connectivity index (χ4v) is 2.89. The SMILES string of the molecule is CC(C(=O)Nc1cccc(NC(=O)c2cccc(-n3cncn3)c2)c1)n1cccn1. The summed E-state index contributed by atoms with van der Waals surface area (Å²) in [7, 11) is 0. The van der Waals surface area contributed by atoms with Crippen molar-refractivity contribution in [2.75, 3.05) is 10.6 Å². The van der Waals surface area contributed by atoms with Gasteiger partial charge in [0.1, 0.15) is 18.7 Å². The molecule has 9 heteroatoms. The minimum atomic E-state index is -0.460. The summed E-state index contributed by atoms with van der Waals surface area (Å²) in [6, 6.07) is 15.3. The van der Waals surface area contributed by atoms with Gasteiger partial charge in [0.25, 0.3) is 5.91 Å². The van der Waals surface area contributed by atoms with E-state index < -0.39 is 6.04 Å². The number of aromatic nitrogens is 5. The zero-order valence-corrected chi connectivity index (χ0v) is 16.1. The molecular formula is C21H19N7O2. The van der Waals surface area contributed by atoms with Gasteiger partial charge in [-0.1, -0.05) is 12.1 Å². The quantitative estimate of drug-likeness (QED) is 0.517. The molecule has 0 aliphatic carbocycles. The van der Waals surface area contributed by atoms with Crippen molar-refractivity contribution in [3.8, 4) is 5.69 Å². The van der Waals surface area contributed by atoms with Crippen LogP contribution in [0.25, 0.3) is 5.69 Å². The summed E-state index contributed by atoms with van der Waals surface area (Å²) in [5.41, 5.74) is 2.35. The van der Waals surface area contributed by atoms with Crippen molar-refractivity contribution in [1.82, 2.24) is 24.5 Å². The molecule has 0 radical (unpaired) electrons. The second-order valence-corrected chi connectivity index (χ2v) is 6.58. The summed E-state index contributed by atoms with van der Waals surface area (Å²) in [6.45, 7) is 1.76. The van der Waals surface area contributed by atoms with Crippen LogP contribution in [0.5, 0.6) is 0 Å². The molecule has 0 saturated heterocycles. The number of amides is 2. The van der Waals surface area contributed by atoms with E-state index in [0.717, 1.165) is 5.69 Å². The van der Waals surface area contributed by atoms with Gasteiger partial charge in [0, 0.05) is 29.3 Å². The van der Waals surface area contributed by atoms with Crippen LogP contribution < -0.4 is 10.6 Å². The highest BCUT2D eigenvalue weighted by atomic mass is 16.2. The minimum absolute atomic E-state index is 0.206. The highest BCUT2D eigenvalue weighted by molar-refractivity contribution is 6.05. The first kappa shape index (κ1) is 19.1. The molecule has 1 unspecified atom stereocenters. The van der Waals surface area contributed by atoms with Crippen LogP contribution >= 0.6 is 0 Å². The summed E-state index contributed by atoms with van der Waals surface area (Å²) >= 11 is 0. The standard InChI is InChI=1S/C21H19N7O2/c1-15(27-10-4-9-23-27)20(29)25-17-6-3-7-18(12-17)26-21(30)16-5-2-8-19(11-16)28-14-22-13-24-28/h2-15H,1H3,(H,25,29)(H,26,30). The number of hydrogen-bond donors (Lipinski definition) is 2. The lowest BCUT2D eigenvalue weighted by atomic mass is 10.1. The van der Waals surface area contributed by atoms with Crippen molar-refractivity contribution < 1.29 is 9.59 Å². The van der Waals surface area contributed by atoms with E-state index in [1.54, 1.807) is 83.5 Å². The van der Waals surface area contributed by atoms with Crippen molar-refractivity contribution in [2.24, 2.45) is 0 Å². The Labute approximate surface area is 172 Å². The lowest BCUT2D eigenvalue weighted by molar-refractivity contribution is -0.119. The van der Waals surface area contributed by atoms with Crippen LogP contribution in [0.1, 0.15) is 23.3 Å². The summed E-state index contributed by atoms with van der Waals surface area (Å²) in [5.74, 6) is -0.479. The molecule has 0 spiro atoms. The van der Waals surface area contributed by atoms with Crippen LogP contribution in [0.3, 0.4) is 0 Å². The van der Waals surface area contributed by atoms with Crippen LogP contribution in [-0.2, 0) is 4.79 Å². The molecule has 2 aromatic heterocycles. The average molecular weight is 401 g/mol. The summed E-state index contributed by atoms with van der Waals surface area (Å²) < 4.78 is 3.15. The first-order valence-electron chi connectivity index (χ1n) is 9.26. The summed E-state index contributed by atoms with van der Waals surface area (Å²) in [5, 5.41) is 13.8. The molecule has 0 fully saturated rings. The molecule has 2 aromatic carbocycles. The Morgan fingerprint density at radius 2 is 1.77 bits per heavy atom. The van der Waals surface area contributed by atoms with Gasteiger partial charge in [-0.05, 0) is 49.4 Å². The second-order valence-electron chi connectivity index (χ2n) is 6.58. The number of carbonyl (C=O) groups is 2. The number of rotatable bonds is 6. The van der Waals surface area contributed by atoms with Gasteiger partial charge in [0.15, 0.2) is 0 Å². The van der Waals surface area contributed by atoms with E-state index in [-0.39, 0.29) is 11.8 Å². The van der Waals surface area contributed by atoms with Gasteiger partial charge in [0.05, 0.1) is 5.69 Å². The van der Waals surface area contributed by atoms with Crippen molar-refractivity contribution in [2.45, 2.75) is 13.0 Å². The maximum atomic E-state index is 12.7. The Morgan fingerprint density at radius 1 is 0.967 bits per heavy atom. The van der Waals surface area contributed by atoms with Gasteiger partial charge in [-0.25, -0.2) is 9.67 Å². The Hall–Kier alpha value is -4.27. The average Bonchev–Trinajstić information content (AvgIpc) is 3.48. The second kappa shape index (κ2) is 8.39. The fraction of sp³-hybridized carbons (Fsp3) is 0.0952. The van der Waals surface area contributed by atoms with Crippen LogP contribution in [0.4, 0.5) is 11.4 Å². The predicted molar refractivity (Wildman–Crippen MR) is 111 cm³/mol. The Morgan fingerprint density at radius 3 is 2.50 bits per heavy atom. The number of hydrogen-bond acceptors (Lipinski definition) is 5. The smallest absolute Gasteiger partial charge is 0.255 e. The van der Waals surface area contributed by atoms with Crippen molar-refractivity contribution in [3.63, 3.8) is 0 Å². The number of nitrogens with zero attached hydrogens (tertiary/aromatic N) is 5. The molecule has 9 nitrogen and oxygen atoms in total. The zero-order chi connectivity index (χ0) is 20.9. The molecule has 2 heterocycles. The molecule has 0 aliphatic rings. The molecular weight excluding hydrogens is 382 g/mol. The van der Waals surface area contributed by atoms with Gasteiger partial charge in [0.2, 0.25) is 5.91 Å². The molecule has 30 heavy (non-hydrogen) atoms. The van der Waals surface area contributed by atoms with E-state index in [2.05, 4.69) is 25.8 Å². The first-order valence-corrected chi connectivity index (χ1v) is 9.26. The lowest BCUT2D eigenvalue weighted by Gasteiger charge is -2.13. The lowest BCUT2D eigenvalue weighted by Crippen LogP contribution is -2.24. The highest BCUT2D eigenvalue weighted by Crippen LogP contribution is 2.18. The summed E-state index contributed by atoms with van der Waals surface area (Å²) in [4.78, 5) is 29.0. The predicted octanol–water partition coefficient (Wildman–Crippen LogP) is 2.92. The van der Waals surface area contributed by atoms with E-state index in [4.69, 9.17) is 0 Å². The van der Waals surface area contributed by atoms with Crippen molar-refractivity contribution in [3.05, 3.63) is 85.2 Å². The summed E-state index contributed by atoms with van der Waals surface area (Å²) in [6.07, 6.45) is 6.35. The van der Waals surface area contributed by atoms with E-state index >= 15 is 0 Å². The zero-order valence-electron chi connectivity index (χ0n) is 16.1. The third-order valence-corrected chi connectivity index (χ3v) is 4.48. The highest BCUT2D eigenvalue weighted by Gasteiger charge is 2.15. The van der Waals surface area contributed by atoms with Gasteiger partial charge in [-0.15, -0.1) is 0 Å². The topological polar surface area (TPSA) is 107 Å². The molecule has 1 atom stereocenters. The third kappa shape index (κ3) is 4.25.